The summed E-state index contributed by atoms with van der Waals surface area (Å²) in [5, 5.41) is 5.44. The Hall–Kier alpha value is -6.09. The molecule has 2 aromatic heterocycles. The summed E-state index contributed by atoms with van der Waals surface area (Å²) in [6, 6.07) is 14.8. The van der Waals surface area contributed by atoms with E-state index in [1.807, 2.05) is 18.2 Å². The Bertz CT molecular complexity index is 2380. The summed E-state index contributed by atoms with van der Waals surface area (Å²) in [5.41, 5.74) is 10.5. The number of fused-ring (bicyclic) bond motifs is 3. The lowest BCUT2D eigenvalue weighted by atomic mass is 10.0. The van der Waals surface area contributed by atoms with Crippen LogP contribution in [0.15, 0.2) is 59.4 Å². The lowest BCUT2D eigenvalue weighted by molar-refractivity contribution is -0.137. The minimum Gasteiger partial charge on any atom is -0.397 e. The largest absolute Gasteiger partial charge is 0.397 e. The van der Waals surface area contributed by atoms with Gasteiger partial charge in [0, 0.05) is 68.1 Å². The summed E-state index contributed by atoms with van der Waals surface area (Å²) in [7, 11) is 0. The highest BCUT2D eigenvalue weighted by Gasteiger charge is 2.40. The Morgan fingerprint density at radius 1 is 0.944 bits per heavy atom. The van der Waals surface area contributed by atoms with Crippen molar-refractivity contribution in [2.75, 3.05) is 48.7 Å². The molecule has 4 amide bonds. The zero-order valence-corrected chi connectivity index (χ0v) is 29.5. The smallest absolute Gasteiger partial charge is 0.261 e. The number of pyridine rings is 1. The molecule has 5 aromatic rings. The summed E-state index contributed by atoms with van der Waals surface area (Å²) >= 11 is 0. The molecule has 8 rings (SSSR count). The van der Waals surface area contributed by atoms with Crippen molar-refractivity contribution >= 4 is 62.6 Å². The number of benzene rings is 3. The number of carbonyl (C=O) groups is 4. The fraction of sp³-hybridized carbons (Fsp3) is 0.333. The number of nitrogen functional groups attached to an aromatic ring is 1. The highest BCUT2D eigenvalue weighted by molar-refractivity contribution is 6.07. The Morgan fingerprint density at radius 2 is 1.76 bits per heavy atom. The maximum atomic E-state index is 14.6. The number of aromatic amines is 2. The van der Waals surface area contributed by atoms with Crippen LogP contribution in [-0.2, 0) is 20.9 Å². The van der Waals surface area contributed by atoms with Gasteiger partial charge in [0.25, 0.3) is 11.5 Å². The Labute approximate surface area is 308 Å². The van der Waals surface area contributed by atoms with Crippen LogP contribution in [-0.4, -0.2) is 87.1 Å². The number of piperidine rings is 1. The first-order valence-electron chi connectivity index (χ1n) is 18.3. The number of aromatic nitrogens is 3. The van der Waals surface area contributed by atoms with Gasteiger partial charge >= 0.3 is 0 Å². The quantitative estimate of drug-likeness (QED) is 0.105. The second-order valence-electron chi connectivity index (χ2n) is 14.1. The second kappa shape index (κ2) is 14.4. The number of halogens is 1. The van der Waals surface area contributed by atoms with Gasteiger partial charge in [0.05, 0.1) is 27.6 Å². The molecule has 6 N–H and O–H groups in total. The molecule has 14 nitrogen and oxygen atoms in total. The van der Waals surface area contributed by atoms with Crippen LogP contribution in [0.3, 0.4) is 0 Å². The average Bonchev–Trinajstić information content (AvgIpc) is 3.72. The van der Waals surface area contributed by atoms with Crippen LogP contribution in [0.4, 0.5) is 21.5 Å². The summed E-state index contributed by atoms with van der Waals surface area (Å²) in [4.78, 5) is 79.6. The number of hydrogen-bond donors (Lipinski definition) is 5. The van der Waals surface area contributed by atoms with Crippen molar-refractivity contribution in [1.29, 1.82) is 0 Å². The van der Waals surface area contributed by atoms with Gasteiger partial charge in [-0.25, -0.2) is 9.37 Å². The summed E-state index contributed by atoms with van der Waals surface area (Å²) in [6.07, 6.45) is 3.43. The molecule has 5 heterocycles. The molecule has 0 spiro atoms. The minimum atomic E-state index is -0.708. The molecule has 2 saturated heterocycles. The van der Waals surface area contributed by atoms with Gasteiger partial charge in [0.1, 0.15) is 23.2 Å². The predicted molar refractivity (Wildman–Crippen MR) is 202 cm³/mol. The monoisotopic (exact) mass is 733 g/mol. The zero-order chi connectivity index (χ0) is 37.5. The van der Waals surface area contributed by atoms with E-state index in [2.05, 4.69) is 35.4 Å². The van der Waals surface area contributed by atoms with Crippen LogP contribution in [0.5, 0.6) is 0 Å². The molecule has 54 heavy (non-hydrogen) atoms. The first-order valence-corrected chi connectivity index (χ1v) is 18.3. The number of anilines is 3. The van der Waals surface area contributed by atoms with Crippen LogP contribution in [0.25, 0.3) is 33.3 Å². The molecule has 1 unspecified atom stereocenters. The number of rotatable bonds is 10. The number of nitrogens with zero attached hydrogens (tertiary/aromatic N) is 4. The molecule has 0 radical (unpaired) electrons. The number of nitrogens with one attached hydrogen (secondary N) is 4. The Morgan fingerprint density at radius 3 is 2.57 bits per heavy atom. The fourth-order valence-corrected chi connectivity index (χ4v) is 7.82. The number of hydrogen-bond acceptors (Lipinski definition) is 9. The minimum absolute atomic E-state index is 0.0425. The van der Waals surface area contributed by atoms with Crippen molar-refractivity contribution < 1.29 is 23.6 Å². The molecule has 0 aliphatic carbocycles. The molecule has 1 atom stereocenters. The third-order valence-electron chi connectivity index (χ3n) is 10.7. The molecule has 3 aromatic carbocycles. The summed E-state index contributed by atoms with van der Waals surface area (Å²) < 4.78 is 14.6. The van der Waals surface area contributed by atoms with Gasteiger partial charge in [-0.05, 0) is 68.3 Å². The topological polar surface area (TPSA) is 190 Å². The maximum absolute atomic E-state index is 14.6. The zero-order valence-electron chi connectivity index (χ0n) is 29.5. The SMILES string of the molecule is Nc1c(-c2nc3ccc(N4CCN(CCCCCC(=O)Nc5cccc6c5CN(C5CCC(=O)NC5=O)C6=O)CC4)cc3[nH]2)c(=O)[nH]c2cccc(F)c12. The van der Waals surface area contributed by atoms with Crippen molar-refractivity contribution in [3.63, 3.8) is 0 Å². The summed E-state index contributed by atoms with van der Waals surface area (Å²) in [5.74, 6) is -1.42. The van der Waals surface area contributed by atoms with E-state index in [1.165, 1.54) is 17.0 Å². The van der Waals surface area contributed by atoms with E-state index in [-0.39, 0.29) is 59.6 Å². The maximum Gasteiger partial charge on any atom is 0.261 e. The molecule has 2 fully saturated rings. The Balaban J connectivity index is 0.798. The third kappa shape index (κ3) is 6.66. The van der Waals surface area contributed by atoms with E-state index in [0.29, 0.717) is 34.3 Å². The second-order valence-corrected chi connectivity index (χ2v) is 14.1. The molecule has 3 aliphatic heterocycles. The van der Waals surface area contributed by atoms with Crippen LogP contribution >= 0.6 is 0 Å². The van der Waals surface area contributed by atoms with E-state index in [1.54, 1.807) is 24.3 Å². The van der Waals surface area contributed by atoms with Crippen molar-refractivity contribution in [2.45, 2.75) is 51.1 Å². The van der Waals surface area contributed by atoms with Crippen molar-refractivity contribution in [3.05, 3.63) is 81.9 Å². The van der Waals surface area contributed by atoms with Gasteiger partial charge in [0.2, 0.25) is 17.7 Å². The average molecular weight is 734 g/mol. The van der Waals surface area contributed by atoms with Crippen LogP contribution < -0.4 is 26.8 Å². The van der Waals surface area contributed by atoms with Gasteiger partial charge in [-0.2, -0.15) is 0 Å². The van der Waals surface area contributed by atoms with Gasteiger partial charge in [0.15, 0.2) is 0 Å². The van der Waals surface area contributed by atoms with Crippen molar-refractivity contribution in [3.8, 4) is 11.4 Å². The molecular weight excluding hydrogens is 693 g/mol. The normalized spacial score (nSPS) is 17.7. The Kier molecular flexibility index (Phi) is 9.31. The van der Waals surface area contributed by atoms with Crippen molar-refractivity contribution in [2.24, 2.45) is 0 Å². The molecule has 0 bridgehead atoms. The molecule has 0 saturated carbocycles. The van der Waals surface area contributed by atoms with E-state index in [0.717, 1.165) is 63.2 Å². The number of piperazine rings is 1. The van der Waals surface area contributed by atoms with E-state index in [9.17, 15) is 28.4 Å². The number of imide groups is 1. The number of H-pyrrole nitrogens is 2. The number of carbonyl (C=O) groups excluding carboxylic acids is 4. The van der Waals surface area contributed by atoms with Gasteiger partial charge in [-0.3, -0.25) is 34.2 Å². The number of amides is 4. The molecule has 278 valence electrons. The van der Waals surface area contributed by atoms with E-state index < -0.39 is 23.3 Å². The highest BCUT2D eigenvalue weighted by Crippen LogP contribution is 2.33. The van der Waals surface area contributed by atoms with Crippen LogP contribution in [0, 0.1) is 5.82 Å². The fourth-order valence-electron chi connectivity index (χ4n) is 7.82. The first kappa shape index (κ1) is 35.0. The van der Waals surface area contributed by atoms with Gasteiger partial charge in [-0.15, -0.1) is 0 Å². The number of nitrogens with two attached hydrogens (primary N) is 1. The van der Waals surface area contributed by atoms with Crippen molar-refractivity contribution in [1.82, 2.24) is 30.1 Å². The molecule has 3 aliphatic rings. The first-order chi connectivity index (χ1) is 26.1. The lowest BCUT2D eigenvalue weighted by Gasteiger charge is -2.36. The third-order valence-corrected chi connectivity index (χ3v) is 10.7. The number of imidazole rings is 1. The van der Waals surface area contributed by atoms with Gasteiger partial charge in [-0.1, -0.05) is 18.6 Å². The molecule has 15 heteroatoms. The molecular formula is C39H40FN9O5. The van der Waals surface area contributed by atoms with E-state index in [4.69, 9.17) is 5.73 Å². The number of unbranched alkanes of at least 4 members (excludes halogenated alkanes) is 2. The predicted octanol–water partition coefficient (Wildman–Crippen LogP) is 3.87. The summed E-state index contributed by atoms with van der Waals surface area (Å²) in [6.45, 7) is 4.62. The van der Waals surface area contributed by atoms with Gasteiger partial charge < -0.3 is 30.8 Å². The standard InChI is InChI=1S/C39H40FN9O5/c40-25-7-5-9-28-33(25)35(41)34(38(53)45-28)36-43-27-12-11-22(20-29(27)44-36)48-18-16-47(17-19-48)15-3-1-2-10-31(50)42-26-8-4-6-23-24(26)21-49(39(23)54)30-13-14-32(51)46-37(30)52/h4-9,11-12,20,30H,1-3,10,13-19,21H2,(H,42,50)(H,43,44)(H3,41,45,53)(H,46,51,52). The lowest BCUT2D eigenvalue weighted by Crippen LogP contribution is -2.52. The van der Waals surface area contributed by atoms with Crippen LogP contribution in [0.2, 0.25) is 0 Å². The highest BCUT2D eigenvalue weighted by atomic mass is 19.1. The van der Waals surface area contributed by atoms with Crippen LogP contribution in [0.1, 0.15) is 54.4 Å². The van der Waals surface area contributed by atoms with E-state index >= 15 is 0 Å².